The van der Waals surface area contributed by atoms with E-state index in [0.717, 1.165) is 5.56 Å². The summed E-state index contributed by atoms with van der Waals surface area (Å²) < 4.78 is 18.0. The van der Waals surface area contributed by atoms with Gasteiger partial charge in [-0.25, -0.2) is 4.39 Å². The number of rotatable bonds is 3. The summed E-state index contributed by atoms with van der Waals surface area (Å²) in [5.74, 6) is -0.0758. The van der Waals surface area contributed by atoms with Gasteiger partial charge in [-0.05, 0) is 17.7 Å². The van der Waals surface area contributed by atoms with Crippen molar-refractivity contribution in [2.24, 2.45) is 5.73 Å². The van der Waals surface area contributed by atoms with E-state index in [2.05, 4.69) is 0 Å². The summed E-state index contributed by atoms with van der Waals surface area (Å²) in [5.41, 5.74) is 6.47. The van der Waals surface area contributed by atoms with Crippen LogP contribution in [0.5, 0.6) is 5.75 Å². The Kier molecular flexibility index (Phi) is 3.11. The average molecular weight is 197 g/mol. The van der Waals surface area contributed by atoms with E-state index in [1.807, 2.05) is 13.8 Å². The molecule has 0 aromatic heterocycles. The number of hydrogen-bond acceptors (Lipinski definition) is 2. The monoisotopic (exact) mass is 197 g/mol. The van der Waals surface area contributed by atoms with Crippen molar-refractivity contribution in [3.63, 3.8) is 0 Å². The summed E-state index contributed by atoms with van der Waals surface area (Å²) in [5, 5.41) is 0. The maximum Gasteiger partial charge on any atom is 0.165 e. The van der Waals surface area contributed by atoms with Crippen molar-refractivity contribution >= 4 is 0 Å². The van der Waals surface area contributed by atoms with Gasteiger partial charge in [0.05, 0.1) is 7.11 Å². The number of hydrogen-bond donors (Lipinski definition) is 1. The third kappa shape index (κ3) is 2.04. The smallest absolute Gasteiger partial charge is 0.165 e. The van der Waals surface area contributed by atoms with E-state index in [9.17, 15) is 4.39 Å². The van der Waals surface area contributed by atoms with Crippen molar-refractivity contribution in [2.45, 2.75) is 19.3 Å². The normalized spacial score (nSPS) is 11.5. The minimum absolute atomic E-state index is 0.152. The van der Waals surface area contributed by atoms with E-state index < -0.39 is 0 Å². The Balaban J connectivity index is 3.12. The fourth-order valence-electron chi connectivity index (χ4n) is 1.20. The van der Waals surface area contributed by atoms with Gasteiger partial charge in [-0.15, -0.1) is 0 Å². The molecular formula is C11H16FNO. The molecule has 0 unspecified atom stereocenters. The Hall–Kier alpha value is -1.09. The van der Waals surface area contributed by atoms with Crippen LogP contribution in [0, 0.1) is 5.82 Å². The fourth-order valence-corrected chi connectivity index (χ4v) is 1.20. The van der Waals surface area contributed by atoms with Crippen molar-refractivity contribution in [2.75, 3.05) is 13.7 Å². The fraction of sp³-hybridized carbons (Fsp3) is 0.455. The lowest BCUT2D eigenvalue weighted by molar-refractivity contribution is 0.384. The molecule has 1 aromatic carbocycles. The highest BCUT2D eigenvalue weighted by Gasteiger charge is 2.19. The van der Waals surface area contributed by atoms with Crippen LogP contribution < -0.4 is 10.5 Å². The molecule has 0 bridgehead atoms. The molecule has 78 valence electrons. The zero-order chi connectivity index (χ0) is 10.8. The summed E-state index contributed by atoms with van der Waals surface area (Å²) in [7, 11) is 1.46. The molecule has 0 amide bonds. The third-order valence-electron chi connectivity index (χ3n) is 2.44. The first kappa shape index (κ1) is 11.0. The molecule has 0 heterocycles. The third-order valence-corrected chi connectivity index (χ3v) is 2.44. The van der Waals surface area contributed by atoms with Crippen LogP contribution in [0.4, 0.5) is 4.39 Å². The van der Waals surface area contributed by atoms with Gasteiger partial charge >= 0.3 is 0 Å². The highest BCUT2D eigenvalue weighted by atomic mass is 19.1. The molecule has 14 heavy (non-hydrogen) atoms. The minimum atomic E-state index is -0.343. The van der Waals surface area contributed by atoms with E-state index in [-0.39, 0.29) is 17.0 Å². The number of ether oxygens (including phenoxy) is 1. The van der Waals surface area contributed by atoms with Gasteiger partial charge < -0.3 is 10.5 Å². The number of benzene rings is 1. The topological polar surface area (TPSA) is 35.2 Å². The molecule has 0 saturated carbocycles. The van der Waals surface area contributed by atoms with Gasteiger partial charge in [0, 0.05) is 12.0 Å². The molecule has 1 aromatic rings. The Bertz CT molecular complexity index is 323. The Morgan fingerprint density at radius 1 is 1.43 bits per heavy atom. The quantitative estimate of drug-likeness (QED) is 0.805. The Morgan fingerprint density at radius 3 is 2.57 bits per heavy atom. The van der Waals surface area contributed by atoms with E-state index in [4.69, 9.17) is 10.5 Å². The molecule has 0 atom stereocenters. The average Bonchev–Trinajstić information content (AvgIpc) is 2.18. The highest BCUT2D eigenvalue weighted by Crippen LogP contribution is 2.27. The maximum atomic E-state index is 13.1. The second-order valence-electron chi connectivity index (χ2n) is 3.94. The summed E-state index contributed by atoms with van der Waals surface area (Å²) >= 11 is 0. The molecule has 0 aliphatic rings. The Morgan fingerprint density at radius 2 is 2.07 bits per heavy atom. The molecule has 3 heteroatoms. The van der Waals surface area contributed by atoms with Gasteiger partial charge in [0.1, 0.15) is 0 Å². The van der Waals surface area contributed by atoms with E-state index in [1.165, 1.54) is 13.2 Å². The van der Waals surface area contributed by atoms with Crippen molar-refractivity contribution < 1.29 is 9.13 Å². The van der Waals surface area contributed by atoms with Crippen LogP contribution in [0.15, 0.2) is 18.2 Å². The van der Waals surface area contributed by atoms with Gasteiger partial charge in [-0.1, -0.05) is 19.9 Å². The SMILES string of the molecule is COc1cc(C(C)(C)CN)ccc1F. The lowest BCUT2D eigenvalue weighted by Gasteiger charge is -2.23. The van der Waals surface area contributed by atoms with Gasteiger partial charge in [0.2, 0.25) is 0 Å². The molecule has 1 rings (SSSR count). The highest BCUT2D eigenvalue weighted by molar-refractivity contribution is 5.34. The largest absolute Gasteiger partial charge is 0.494 e. The van der Waals surface area contributed by atoms with Crippen LogP contribution in [0.1, 0.15) is 19.4 Å². The first-order valence-electron chi connectivity index (χ1n) is 4.55. The predicted molar refractivity (Wildman–Crippen MR) is 55.0 cm³/mol. The van der Waals surface area contributed by atoms with Crippen LogP contribution >= 0.6 is 0 Å². The molecule has 0 spiro atoms. The van der Waals surface area contributed by atoms with Gasteiger partial charge in [0.25, 0.3) is 0 Å². The number of halogens is 1. The van der Waals surface area contributed by atoms with Crippen LogP contribution in [-0.2, 0) is 5.41 Å². The van der Waals surface area contributed by atoms with Crippen LogP contribution in [0.3, 0.4) is 0 Å². The number of nitrogens with two attached hydrogens (primary N) is 1. The molecule has 0 fully saturated rings. The van der Waals surface area contributed by atoms with E-state index in [0.29, 0.717) is 6.54 Å². The molecule has 0 saturated heterocycles. The van der Waals surface area contributed by atoms with Crippen molar-refractivity contribution in [3.05, 3.63) is 29.6 Å². The molecule has 2 N–H and O–H groups in total. The van der Waals surface area contributed by atoms with E-state index in [1.54, 1.807) is 12.1 Å². The van der Waals surface area contributed by atoms with Gasteiger partial charge in [-0.3, -0.25) is 0 Å². The second kappa shape index (κ2) is 3.96. The molecule has 2 nitrogen and oxygen atoms in total. The van der Waals surface area contributed by atoms with Crippen molar-refractivity contribution in [1.29, 1.82) is 0 Å². The van der Waals surface area contributed by atoms with Crippen molar-refractivity contribution in [3.8, 4) is 5.75 Å². The lowest BCUT2D eigenvalue weighted by Crippen LogP contribution is -2.28. The van der Waals surface area contributed by atoms with Crippen LogP contribution in [-0.4, -0.2) is 13.7 Å². The summed E-state index contributed by atoms with van der Waals surface area (Å²) in [6.07, 6.45) is 0. The van der Waals surface area contributed by atoms with Crippen LogP contribution in [0.25, 0.3) is 0 Å². The molecule has 0 aliphatic heterocycles. The summed E-state index contributed by atoms with van der Waals surface area (Å²) in [6.45, 7) is 4.54. The van der Waals surface area contributed by atoms with Crippen molar-refractivity contribution in [1.82, 2.24) is 0 Å². The Labute approximate surface area is 83.9 Å². The first-order valence-corrected chi connectivity index (χ1v) is 4.55. The molecular weight excluding hydrogens is 181 g/mol. The standard InChI is InChI=1S/C11H16FNO/c1-11(2,7-13)8-4-5-9(12)10(6-8)14-3/h4-6H,7,13H2,1-3H3. The molecule has 0 radical (unpaired) electrons. The first-order chi connectivity index (χ1) is 6.51. The minimum Gasteiger partial charge on any atom is -0.494 e. The summed E-state index contributed by atoms with van der Waals surface area (Å²) in [6, 6.07) is 4.85. The second-order valence-corrected chi connectivity index (χ2v) is 3.94. The van der Waals surface area contributed by atoms with Crippen LogP contribution in [0.2, 0.25) is 0 Å². The lowest BCUT2D eigenvalue weighted by atomic mass is 9.85. The number of methoxy groups -OCH3 is 1. The predicted octanol–water partition coefficient (Wildman–Crippen LogP) is 2.07. The summed E-state index contributed by atoms with van der Waals surface area (Å²) in [4.78, 5) is 0. The van der Waals surface area contributed by atoms with Gasteiger partial charge in [0.15, 0.2) is 11.6 Å². The zero-order valence-electron chi connectivity index (χ0n) is 8.80. The maximum absolute atomic E-state index is 13.1. The van der Waals surface area contributed by atoms with E-state index >= 15 is 0 Å². The molecule has 0 aliphatic carbocycles. The zero-order valence-corrected chi connectivity index (χ0v) is 8.80. The van der Waals surface area contributed by atoms with Gasteiger partial charge in [-0.2, -0.15) is 0 Å².